The summed E-state index contributed by atoms with van der Waals surface area (Å²) in [6.07, 6.45) is 4.36. The van der Waals surface area contributed by atoms with Gasteiger partial charge in [0, 0.05) is 16.1 Å². The van der Waals surface area contributed by atoms with E-state index in [-0.39, 0.29) is 17.1 Å². The molecule has 0 saturated heterocycles. The number of halogens is 1. The second-order valence-corrected chi connectivity index (χ2v) is 8.18. The number of carbonyl (C=O) groups excluding carboxylic acids is 2. The van der Waals surface area contributed by atoms with Crippen LogP contribution in [-0.4, -0.2) is 23.2 Å². The Kier molecular flexibility index (Phi) is 7.15. The molecule has 168 valence electrons. The zero-order valence-electron chi connectivity index (χ0n) is 17.8. The molecule has 0 aliphatic rings. The summed E-state index contributed by atoms with van der Waals surface area (Å²) < 4.78 is 6.18. The SMILES string of the molecule is O=C(/C=C/c1ccccc1)Oc1ccc(Br)cc1/C=N/NC(=O)c1cc2ccccc2cc1O. The molecule has 0 atom stereocenters. The van der Waals surface area contributed by atoms with Crippen LogP contribution in [0.4, 0.5) is 0 Å². The van der Waals surface area contributed by atoms with E-state index in [0.29, 0.717) is 5.56 Å². The number of hydrogen-bond donors (Lipinski definition) is 2. The first kappa shape index (κ1) is 22.9. The van der Waals surface area contributed by atoms with Crippen LogP contribution in [0.3, 0.4) is 0 Å². The maximum Gasteiger partial charge on any atom is 0.336 e. The largest absolute Gasteiger partial charge is 0.507 e. The molecule has 4 aromatic carbocycles. The van der Waals surface area contributed by atoms with Gasteiger partial charge in [-0.25, -0.2) is 10.2 Å². The molecule has 6 nitrogen and oxygen atoms in total. The van der Waals surface area contributed by atoms with Gasteiger partial charge < -0.3 is 9.84 Å². The number of esters is 1. The molecule has 0 unspecified atom stereocenters. The molecule has 7 heteroatoms. The lowest BCUT2D eigenvalue weighted by Crippen LogP contribution is -2.18. The van der Waals surface area contributed by atoms with E-state index in [1.54, 1.807) is 30.3 Å². The van der Waals surface area contributed by atoms with Crippen molar-refractivity contribution in [2.45, 2.75) is 0 Å². The van der Waals surface area contributed by atoms with Gasteiger partial charge in [-0.15, -0.1) is 0 Å². The molecule has 0 fully saturated rings. The summed E-state index contributed by atoms with van der Waals surface area (Å²) >= 11 is 3.38. The van der Waals surface area contributed by atoms with E-state index >= 15 is 0 Å². The van der Waals surface area contributed by atoms with Gasteiger partial charge in [0.05, 0.1) is 11.8 Å². The number of amides is 1. The number of carbonyl (C=O) groups is 2. The standard InChI is InChI=1S/C27H19BrN2O4/c28-22-11-12-25(34-26(32)13-10-18-6-2-1-3-7-18)21(14-22)17-29-30-27(33)23-15-19-8-4-5-9-20(19)16-24(23)31/h1-17,31H,(H,30,33)/b13-10+,29-17+. The fraction of sp³-hybridized carbons (Fsp3) is 0. The maximum atomic E-state index is 12.6. The Morgan fingerprint density at radius 2 is 1.62 bits per heavy atom. The van der Waals surface area contributed by atoms with Crippen LogP contribution in [0.2, 0.25) is 0 Å². The number of hydrazone groups is 1. The van der Waals surface area contributed by atoms with Gasteiger partial charge in [0.2, 0.25) is 0 Å². The third kappa shape index (κ3) is 5.76. The number of benzene rings is 4. The molecule has 0 aliphatic heterocycles. The predicted molar refractivity (Wildman–Crippen MR) is 136 cm³/mol. The van der Waals surface area contributed by atoms with E-state index < -0.39 is 11.9 Å². The first-order valence-electron chi connectivity index (χ1n) is 10.3. The summed E-state index contributed by atoms with van der Waals surface area (Å²) in [5.41, 5.74) is 3.84. The van der Waals surface area contributed by atoms with Crippen LogP contribution >= 0.6 is 15.9 Å². The Labute approximate surface area is 204 Å². The number of fused-ring (bicyclic) bond motifs is 1. The summed E-state index contributed by atoms with van der Waals surface area (Å²) in [6, 6.07) is 25.0. The number of phenols is 1. The maximum absolute atomic E-state index is 12.6. The summed E-state index contributed by atoms with van der Waals surface area (Å²) in [7, 11) is 0. The Morgan fingerprint density at radius 3 is 2.38 bits per heavy atom. The van der Waals surface area contributed by atoms with E-state index in [2.05, 4.69) is 26.5 Å². The first-order chi connectivity index (χ1) is 16.5. The van der Waals surface area contributed by atoms with Crippen LogP contribution in [0, 0.1) is 0 Å². The van der Waals surface area contributed by atoms with Gasteiger partial charge in [0.15, 0.2) is 0 Å². The monoisotopic (exact) mass is 514 g/mol. The fourth-order valence-electron chi connectivity index (χ4n) is 3.21. The molecule has 0 bridgehead atoms. The molecular formula is C27H19BrN2O4. The van der Waals surface area contributed by atoms with E-state index in [9.17, 15) is 14.7 Å². The van der Waals surface area contributed by atoms with Gasteiger partial charge in [-0.2, -0.15) is 5.10 Å². The molecule has 2 N–H and O–H groups in total. The summed E-state index contributed by atoms with van der Waals surface area (Å²) in [4.78, 5) is 24.8. The van der Waals surface area contributed by atoms with Crippen molar-refractivity contribution in [2.24, 2.45) is 5.10 Å². The fourth-order valence-corrected chi connectivity index (χ4v) is 3.59. The average molecular weight is 515 g/mol. The summed E-state index contributed by atoms with van der Waals surface area (Å²) in [6.45, 7) is 0. The van der Waals surface area contributed by atoms with Crippen molar-refractivity contribution in [3.63, 3.8) is 0 Å². The van der Waals surface area contributed by atoms with Crippen molar-refractivity contribution in [1.29, 1.82) is 0 Å². The summed E-state index contributed by atoms with van der Waals surface area (Å²) in [5.74, 6) is -0.990. The van der Waals surface area contributed by atoms with E-state index in [0.717, 1.165) is 20.8 Å². The van der Waals surface area contributed by atoms with Gasteiger partial charge in [0.1, 0.15) is 11.5 Å². The molecule has 34 heavy (non-hydrogen) atoms. The number of ether oxygens (including phenoxy) is 1. The lowest BCUT2D eigenvalue weighted by Gasteiger charge is -2.07. The highest BCUT2D eigenvalue weighted by atomic mass is 79.9. The molecule has 0 saturated carbocycles. The minimum atomic E-state index is -0.571. The molecule has 0 aliphatic carbocycles. The Morgan fingerprint density at radius 1 is 0.912 bits per heavy atom. The van der Waals surface area contributed by atoms with Crippen LogP contribution in [0.15, 0.2) is 101 Å². The minimum Gasteiger partial charge on any atom is -0.507 e. The van der Waals surface area contributed by atoms with Crippen LogP contribution < -0.4 is 10.2 Å². The molecule has 0 heterocycles. The topological polar surface area (TPSA) is 88.0 Å². The second-order valence-electron chi connectivity index (χ2n) is 7.26. The van der Waals surface area contributed by atoms with Gasteiger partial charge in [0.25, 0.3) is 5.91 Å². The average Bonchev–Trinajstić information content (AvgIpc) is 2.84. The quantitative estimate of drug-likeness (QED) is 0.114. The van der Waals surface area contributed by atoms with E-state index in [1.165, 1.54) is 18.4 Å². The van der Waals surface area contributed by atoms with Gasteiger partial charge >= 0.3 is 5.97 Å². The van der Waals surface area contributed by atoms with Crippen LogP contribution in [-0.2, 0) is 4.79 Å². The molecule has 0 spiro atoms. The smallest absolute Gasteiger partial charge is 0.336 e. The lowest BCUT2D eigenvalue weighted by molar-refractivity contribution is -0.128. The minimum absolute atomic E-state index is 0.0998. The zero-order chi connectivity index (χ0) is 23.9. The lowest BCUT2D eigenvalue weighted by atomic mass is 10.1. The predicted octanol–water partition coefficient (Wildman–Crippen LogP) is 5.69. The van der Waals surface area contributed by atoms with Gasteiger partial charge in [-0.1, -0.05) is 70.5 Å². The molecule has 4 aromatic rings. The first-order valence-corrected chi connectivity index (χ1v) is 11.1. The zero-order valence-corrected chi connectivity index (χ0v) is 19.4. The molecule has 1 amide bonds. The third-order valence-electron chi connectivity index (χ3n) is 4.87. The van der Waals surface area contributed by atoms with Crippen molar-refractivity contribution < 1.29 is 19.4 Å². The highest BCUT2D eigenvalue weighted by molar-refractivity contribution is 9.10. The third-order valence-corrected chi connectivity index (χ3v) is 5.37. The van der Waals surface area contributed by atoms with Gasteiger partial charge in [-0.05, 0) is 52.7 Å². The Balaban J connectivity index is 1.47. The summed E-state index contributed by atoms with van der Waals surface area (Å²) in [5, 5.41) is 15.8. The van der Waals surface area contributed by atoms with Crippen LogP contribution in [0.1, 0.15) is 21.5 Å². The Bertz CT molecular complexity index is 1420. The van der Waals surface area contributed by atoms with Crippen molar-refractivity contribution >= 4 is 50.9 Å². The molecule has 0 aromatic heterocycles. The van der Waals surface area contributed by atoms with Crippen molar-refractivity contribution in [3.8, 4) is 11.5 Å². The van der Waals surface area contributed by atoms with Crippen LogP contribution in [0.25, 0.3) is 16.8 Å². The number of nitrogens with zero attached hydrogens (tertiary/aromatic N) is 1. The number of aromatic hydroxyl groups is 1. The van der Waals surface area contributed by atoms with Crippen LogP contribution in [0.5, 0.6) is 11.5 Å². The number of rotatable bonds is 6. The number of nitrogens with one attached hydrogen (secondary N) is 1. The van der Waals surface area contributed by atoms with Crippen molar-refractivity contribution in [3.05, 3.63) is 112 Å². The molecular weight excluding hydrogens is 496 g/mol. The highest BCUT2D eigenvalue weighted by Gasteiger charge is 2.12. The normalized spacial score (nSPS) is 11.2. The van der Waals surface area contributed by atoms with Crippen molar-refractivity contribution in [2.75, 3.05) is 0 Å². The van der Waals surface area contributed by atoms with Crippen molar-refractivity contribution in [1.82, 2.24) is 5.43 Å². The molecule has 0 radical (unpaired) electrons. The van der Waals surface area contributed by atoms with E-state index in [4.69, 9.17) is 4.74 Å². The number of phenolic OH excluding ortho intramolecular Hbond substituents is 1. The van der Waals surface area contributed by atoms with Gasteiger partial charge in [-0.3, -0.25) is 4.79 Å². The Hall–Kier alpha value is -4.23. The van der Waals surface area contributed by atoms with E-state index in [1.807, 2.05) is 54.6 Å². The molecule has 4 rings (SSSR count). The second kappa shape index (κ2) is 10.6. The number of hydrogen-bond acceptors (Lipinski definition) is 5. The highest BCUT2D eigenvalue weighted by Crippen LogP contribution is 2.25.